The van der Waals surface area contributed by atoms with Crippen molar-refractivity contribution in [3.8, 4) is 0 Å². The summed E-state index contributed by atoms with van der Waals surface area (Å²) < 4.78 is 0. The topological polar surface area (TPSA) is 87.5 Å². The van der Waals surface area contributed by atoms with Gasteiger partial charge in [0.2, 0.25) is 0 Å². The minimum Gasteiger partial charge on any atom is -0.348 e. The molecule has 0 aromatic carbocycles. The number of nitrogens with two attached hydrogens (primary N) is 1. The molecule has 0 aliphatic carbocycles. The van der Waals surface area contributed by atoms with E-state index in [9.17, 15) is 9.59 Å². The van der Waals surface area contributed by atoms with Gasteiger partial charge in [0.1, 0.15) is 0 Å². The summed E-state index contributed by atoms with van der Waals surface area (Å²) in [6.45, 7) is 3.49. The molecule has 0 unspecified atom stereocenters. The van der Waals surface area contributed by atoms with Crippen LogP contribution in [-0.2, 0) is 9.59 Å². The summed E-state index contributed by atoms with van der Waals surface area (Å²) in [4.78, 5) is 24.9. The summed E-state index contributed by atoms with van der Waals surface area (Å²) in [7, 11) is 2.12. The van der Waals surface area contributed by atoms with Crippen molar-refractivity contribution in [2.24, 2.45) is 11.7 Å². The van der Waals surface area contributed by atoms with Crippen LogP contribution in [0.5, 0.6) is 0 Å². The highest BCUT2D eigenvalue weighted by Gasteiger charge is 2.17. The normalized spacial score (nSPS) is 17.4. The van der Waals surface area contributed by atoms with E-state index in [-0.39, 0.29) is 0 Å². The van der Waals surface area contributed by atoms with Crippen molar-refractivity contribution < 1.29 is 9.59 Å². The van der Waals surface area contributed by atoms with E-state index in [0.717, 1.165) is 19.5 Å². The molecule has 0 atom stereocenters. The second kappa shape index (κ2) is 8.05. The molecule has 0 aromatic heterocycles. The fourth-order valence-electron chi connectivity index (χ4n) is 2.09. The Morgan fingerprint density at radius 1 is 1.17 bits per heavy atom. The molecule has 1 rings (SSSR count). The van der Waals surface area contributed by atoms with Crippen LogP contribution >= 0.6 is 0 Å². The maximum absolute atomic E-state index is 11.4. The summed E-state index contributed by atoms with van der Waals surface area (Å²) >= 11 is 0. The molecule has 4 N–H and O–H groups in total. The summed E-state index contributed by atoms with van der Waals surface area (Å²) in [5, 5.41) is 5.09. The van der Waals surface area contributed by atoms with Gasteiger partial charge in [0.25, 0.3) is 0 Å². The van der Waals surface area contributed by atoms with Gasteiger partial charge in [0.15, 0.2) is 0 Å². The molecule has 0 radical (unpaired) electrons. The highest BCUT2D eigenvalue weighted by Crippen LogP contribution is 2.18. The van der Waals surface area contributed by atoms with Crippen molar-refractivity contribution in [3.05, 3.63) is 0 Å². The zero-order valence-electron chi connectivity index (χ0n) is 11.1. The van der Waals surface area contributed by atoms with Gasteiger partial charge in [-0.2, -0.15) is 0 Å². The van der Waals surface area contributed by atoms with Gasteiger partial charge in [-0.15, -0.1) is 0 Å². The second-order valence-electron chi connectivity index (χ2n) is 4.84. The van der Waals surface area contributed by atoms with E-state index in [1.54, 1.807) is 0 Å². The van der Waals surface area contributed by atoms with Gasteiger partial charge in [-0.3, -0.25) is 9.59 Å². The second-order valence-corrected chi connectivity index (χ2v) is 4.84. The predicted octanol–water partition coefficient (Wildman–Crippen LogP) is -1.09. The quantitative estimate of drug-likeness (QED) is 0.545. The molecule has 1 aliphatic heterocycles. The maximum Gasteiger partial charge on any atom is 0.309 e. The number of hydrogen-bond donors (Lipinski definition) is 3. The third-order valence-electron chi connectivity index (χ3n) is 3.31. The van der Waals surface area contributed by atoms with E-state index < -0.39 is 11.8 Å². The molecule has 6 heteroatoms. The number of rotatable bonds is 5. The minimum absolute atomic E-state index is 0.335. The highest BCUT2D eigenvalue weighted by atomic mass is 16.2. The lowest BCUT2D eigenvalue weighted by Gasteiger charge is -2.28. The summed E-state index contributed by atoms with van der Waals surface area (Å²) in [6, 6.07) is 0. The first-order chi connectivity index (χ1) is 8.63. The summed E-state index contributed by atoms with van der Waals surface area (Å²) in [5.41, 5.74) is 5.24. The molecule has 1 aliphatic rings. The fourth-order valence-corrected chi connectivity index (χ4v) is 2.09. The molecule has 104 valence electrons. The third kappa shape index (κ3) is 5.46. The van der Waals surface area contributed by atoms with Gasteiger partial charge in [-0.05, 0) is 45.3 Å². The Balaban J connectivity index is 2.10. The number of nitrogens with zero attached hydrogens (tertiary/aromatic N) is 1. The first kappa shape index (κ1) is 14.9. The smallest absolute Gasteiger partial charge is 0.309 e. The first-order valence-electron chi connectivity index (χ1n) is 6.58. The molecular weight excluding hydrogens is 232 g/mol. The molecule has 1 fully saturated rings. The Kier molecular flexibility index (Phi) is 6.67. The van der Waals surface area contributed by atoms with E-state index in [2.05, 4.69) is 22.6 Å². The Hall–Kier alpha value is -1.14. The van der Waals surface area contributed by atoms with Crippen LogP contribution < -0.4 is 16.4 Å². The van der Waals surface area contributed by atoms with Crippen molar-refractivity contribution in [3.63, 3.8) is 0 Å². The zero-order chi connectivity index (χ0) is 13.4. The third-order valence-corrected chi connectivity index (χ3v) is 3.31. The zero-order valence-corrected chi connectivity index (χ0v) is 11.1. The molecule has 2 amide bonds. The van der Waals surface area contributed by atoms with Crippen molar-refractivity contribution in [1.29, 1.82) is 0 Å². The molecular formula is C12H24N4O2. The molecule has 0 aromatic rings. The van der Waals surface area contributed by atoms with Crippen molar-refractivity contribution in [2.45, 2.75) is 19.3 Å². The number of hydrogen-bond acceptors (Lipinski definition) is 4. The Morgan fingerprint density at radius 2 is 1.72 bits per heavy atom. The van der Waals surface area contributed by atoms with Gasteiger partial charge in [-0.1, -0.05) is 0 Å². The van der Waals surface area contributed by atoms with E-state index in [1.165, 1.54) is 12.8 Å². The largest absolute Gasteiger partial charge is 0.348 e. The average Bonchev–Trinajstić information content (AvgIpc) is 2.38. The van der Waals surface area contributed by atoms with Gasteiger partial charge in [0.05, 0.1) is 0 Å². The average molecular weight is 256 g/mol. The fraction of sp³-hybridized carbons (Fsp3) is 0.833. The van der Waals surface area contributed by atoms with Crippen LogP contribution in [0, 0.1) is 5.92 Å². The maximum atomic E-state index is 11.4. The van der Waals surface area contributed by atoms with Crippen LogP contribution in [0.4, 0.5) is 0 Å². The standard InChI is InChI=1S/C12H24N4O2/c1-16-8-3-10(4-9-16)2-6-14-11(17)12(18)15-7-5-13/h10H,2-9,13H2,1H3,(H,14,17)(H,15,18). The van der Waals surface area contributed by atoms with Gasteiger partial charge in [-0.25, -0.2) is 0 Å². The first-order valence-corrected chi connectivity index (χ1v) is 6.58. The minimum atomic E-state index is -0.594. The van der Waals surface area contributed by atoms with E-state index in [4.69, 9.17) is 5.73 Å². The molecule has 0 bridgehead atoms. The lowest BCUT2D eigenvalue weighted by molar-refractivity contribution is -0.139. The Morgan fingerprint density at radius 3 is 2.28 bits per heavy atom. The van der Waals surface area contributed by atoms with Crippen LogP contribution in [0.15, 0.2) is 0 Å². The SMILES string of the molecule is CN1CCC(CCNC(=O)C(=O)NCCN)CC1. The Bertz CT molecular complexity index is 275. The molecule has 6 nitrogen and oxygen atoms in total. The number of nitrogens with one attached hydrogen (secondary N) is 2. The van der Waals surface area contributed by atoms with Crippen molar-refractivity contribution >= 4 is 11.8 Å². The van der Waals surface area contributed by atoms with Crippen LogP contribution in [0.2, 0.25) is 0 Å². The van der Waals surface area contributed by atoms with E-state index >= 15 is 0 Å². The highest BCUT2D eigenvalue weighted by molar-refractivity contribution is 6.35. The predicted molar refractivity (Wildman–Crippen MR) is 69.9 cm³/mol. The van der Waals surface area contributed by atoms with E-state index in [0.29, 0.717) is 25.6 Å². The van der Waals surface area contributed by atoms with Gasteiger partial charge in [0, 0.05) is 19.6 Å². The van der Waals surface area contributed by atoms with Crippen LogP contribution in [0.25, 0.3) is 0 Å². The number of piperidine rings is 1. The monoisotopic (exact) mass is 256 g/mol. The van der Waals surface area contributed by atoms with Gasteiger partial charge >= 0.3 is 11.8 Å². The van der Waals surface area contributed by atoms with Crippen molar-refractivity contribution in [1.82, 2.24) is 15.5 Å². The number of amides is 2. The van der Waals surface area contributed by atoms with Crippen LogP contribution in [-0.4, -0.2) is 56.5 Å². The Labute approximate surface area is 108 Å². The number of carbonyl (C=O) groups excluding carboxylic acids is 2. The number of likely N-dealkylation sites (tertiary alicyclic amines) is 1. The summed E-state index contributed by atoms with van der Waals surface area (Å²) in [5.74, 6) is -0.492. The molecule has 0 saturated carbocycles. The van der Waals surface area contributed by atoms with Gasteiger partial charge < -0.3 is 21.3 Å². The van der Waals surface area contributed by atoms with Crippen LogP contribution in [0.1, 0.15) is 19.3 Å². The van der Waals surface area contributed by atoms with E-state index in [1.807, 2.05) is 0 Å². The molecule has 0 spiro atoms. The number of carbonyl (C=O) groups is 2. The molecule has 1 heterocycles. The summed E-state index contributed by atoms with van der Waals surface area (Å²) in [6.07, 6.45) is 3.29. The lowest BCUT2D eigenvalue weighted by atomic mass is 9.94. The molecule has 1 saturated heterocycles. The van der Waals surface area contributed by atoms with Crippen molar-refractivity contribution in [2.75, 3.05) is 39.8 Å². The molecule has 18 heavy (non-hydrogen) atoms. The van der Waals surface area contributed by atoms with Crippen LogP contribution in [0.3, 0.4) is 0 Å². The lowest BCUT2D eigenvalue weighted by Crippen LogP contribution is -2.42.